The molecule has 0 spiro atoms. The molecular weight excluding hydrogens is 668 g/mol. The van der Waals surface area contributed by atoms with Gasteiger partial charge in [-0.05, 0) is 46.5 Å². The summed E-state index contributed by atoms with van der Waals surface area (Å²) < 4.78 is 31.9. The van der Waals surface area contributed by atoms with Crippen molar-refractivity contribution < 1.29 is 72.4 Å². The minimum absolute atomic E-state index is 0. The zero-order valence-corrected chi connectivity index (χ0v) is 27.6. The topological polar surface area (TPSA) is 83.7 Å². The Bertz CT molecular complexity index is 1260. The molecule has 2 aromatic carbocycles. The van der Waals surface area contributed by atoms with Gasteiger partial charge in [-0.25, -0.2) is 9.97 Å². The first-order valence-electron chi connectivity index (χ1n) is 12.4. The molecule has 4 aromatic rings. The molecule has 2 heterocycles. The van der Waals surface area contributed by atoms with E-state index >= 15 is 0 Å². The average molecular weight is 704 g/mol. The van der Waals surface area contributed by atoms with E-state index in [0.717, 1.165) is 22.3 Å². The number of hydrogen-bond acceptors (Lipinski definition) is 6. The molecular formula is C32H36Br2N2O6. The van der Waals surface area contributed by atoms with Gasteiger partial charge in [-0.15, -0.1) is 0 Å². The van der Waals surface area contributed by atoms with Crippen molar-refractivity contribution in [1.29, 1.82) is 0 Å². The quantitative estimate of drug-likeness (QED) is 0.220. The van der Waals surface area contributed by atoms with Gasteiger partial charge in [0.05, 0.1) is 42.7 Å². The summed E-state index contributed by atoms with van der Waals surface area (Å²) in [5.74, 6) is 3.78. The third-order valence-electron chi connectivity index (χ3n) is 5.80. The second-order valence-corrected chi connectivity index (χ2v) is 8.25. The number of halogens is 2. The summed E-state index contributed by atoms with van der Waals surface area (Å²) in [7, 11) is 9.62. The molecule has 4 rings (SSSR count). The van der Waals surface area contributed by atoms with Crippen molar-refractivity contribution in [3.05, 3.63) is 95.6 Å². The van der Waals surface area contributed by atoms with Crippen molar-refractivity contribution in [3.8, 4) is 34.5 Å². The standard InChI is InChI=1S/2C16H17NO3.2BrH/c2*1-18-14-10-13(11-15(19-2)16(14)20-3)5-4-12-6-8-17-9-7-12;;/h2*4-11H,1-3H3;2*1H/b2*5-4+;;. The maximum atomic E-state index is 5.33. The molecule has 0 fully saturated rings. The molecule has 224 valence electrons. The first-order chi connectivity index (χ1) is 19.6. The van der Waals surface area contributed by atoms with Crippen LogP contribution < -0.4 is 72.4 Å². The van der Waals surface area contributed by atoms with Crippen LogP contribution in [-0.2, 0) is 0 Å². The van der Waals surface area contributed by atoms with Gasteiger partial charge in [0.1, 0.15) is 0 Å². The molecule has 42 heavy (non-hydrogen) atoms. The molecule has 0 bridgehead atoms. The number of hydrogen-bond donors (Lipinski definition) is 0. The van der Waals surface area contributed by atoms with Crippen LogP contribution in [0.15, 0.2) is 73.3 Å². The van der Waals surface area contributed by atoms with Crippen molar-refractivity contribution in [2.45, 2.75) is 0 Å². The zero-order chi connectivity index (χ0) is 28.7. The Balaban J connectivity index is 0.000000401. The number of rotatable bonds is 10. The Morgan fingerprint density at radius 3 is 0.905 bits per heavy atom. The molecule has 0 atom stereocenters. The van der Waals surface area contributed by atoms with E-state index in [1.165, 1.54) is 0 Å². The van der Waals surface area contributed by atoms with Crippen molar-refractivity contribution >= 4 is 24.3 Å². The fourth-order valence-electron chi connectivity index (χ4n) is 3.80. The van der Waals surface area contributed by atoms with Crippen LogP contribution in [0.5, 0.6) is 34.5 Å². The number of H-pyrrole nitrogens is 2. The molecule has 0 saturated carbocycles. The van der Waals surface area contributed by atoms with E-state index in [4.69, 9.17) is 28.4 Å². The second-order valence-electron chi connectivity index (χ2n) is 8.25. The van der Waals surface area contributed by atoms with E-state index in [2.05, 4.69) is 9.97 Å². The molecule has 0 amide bonds. The minimum atomic E-state index is 0. The molecule has 0 aliphatic rings. The van der Waals surface area contributed by atoms with Crippen LogP contribution in [0.4, 0.5) is 0 Å². The van der Waals surface area contributed by atoms with Gasteiger partial charge >= 0.3 is 0 Å². The number of aromatic nitrogens is 2. The van der Waals surface area contributed by atoms with Crippen LogP contribution >= 0.6 is 0 Å². The summed E-state index contributed by atoms with van der Waals surface area (Å²) in [4.78, 5) is 5.98. The summed E-state index contributed by atoms with van der Waals surface area (Å²) in [5, 5.41) is 0. The van der Waals surface area contributed by atoms with Crippen molar-refractivity contribution in [3.63, 3.8) is 0 Å². The van der Waals surface area contributed by atoms with E-state index in [-0.39, 0.29) is 34.0 Å². The van der Waals surface area contributed by atoms with E-state index in [1.54, 1.807) is 42.7 Å². The highest BCUT2D eigenvalue weighted by Gasteiger charge is 2.13. The number of methoxy groups -OCH3 is 6. The lowest BCUT2D eigenvalue weighted by Gasteiger charge is -2.12. The molecule has 0 aliphatic heterocycles. The Morgan fingerprint density at radius 2 is 0.667 bits per heavy atom. The van der Waals surface area contributed by atoms with E-state index in [1.807, 2.05) is 97.6 Å². The third-order valence-corrected chi connectivity index (χ3v) is 5.80. The number of pyridine rings is 2. The minimum Gasteiger partial charge on any atom is -1.00 e. The first kappa shape index (κ1) is 36.0. The Hall–Kier alpha value is -4.02. The van der Waals surface area contributed by atoms with Gasteiger partial charge in [-0.1, -0.05) is 24.3 Å². The lowest BCUT2D eigenvalue weighted by molar-refractivity contribution is -0.378. The smallest absolute Gasteiger partial charge is 0.203 e. The van der Waals surface area contributed by atoms with Gasteiger partial charge < -0.3 is 62.4 Å². The Morgan fingerprint density at radius 1 is 0.405 bits per heavy atom. The summed E-state index contributed by atoms with van der Waals surface area (Å²) in [6.07, 6.45) is 15.6. The third kappa shape index (κ3) is 10.1. The van der Waals surface area contributed by atoms with Crippen LogP contribution in [0.1, 0.15) is 22.3 Å². The van der Waals surface area contributed by atoms with Gasteiger partial charge in [0.15, 0.2) is 47.8 Å². The lowest BCUT2D eigenvalue weighted by atomic mass is 10.1. The van der Waals surface area contributed by atoms with E-state index in [0.29, 0.717) is 34.5 Å². The summed E-state index contributed by atoms with van der Waals surface area (Å²) in [6, 6.07) is 15.6. The lowest BCUT2D eigenvalue weighted by Crippen LogP contribution is -3.00. The fraction of sp³-hybridized carbons (Fsp3) is 0.188. The summed E-state index contributed by atoms with van der Waals surface area (Å²) in [5.41, 5.74) is 4.18. The molecule has 0 unspecified atom stereocenters. The van der Waals surface area contributed by atoms with E-state index < -0.39 is 0 Å². The van der Waals surface area contributed by atoms with Gasteiger partial charge in [-0.2, -0.15) is 0 Å². The number of ether oxygens (including phenoxy) is 6. The number of nitrogens with one attached hydrogen (secondary N) is 2. The SMILES string of the molecule is COc1cc(/C=C/c2cc[nH+]cc2)cc(OC)c1OC.COc1cc(/C=C/c2cc[nH+]cc2)cc(OC)c1OC.[Br-].[Br-]. The molecule has 10 heteroatoms. The maximum absolute atomic E-state index is 5.33. The van der Waals surface area contributed by atoms with Crippen molar-refractivity contribution in [1.82, 2.24) is 0 Å². The van der Waals surface area contributed by atoms with Crippen LogP contribution in [0.3, 0.4) is 0 Å². The van der Waals surface area contributed by atoms with Crippen LogP contribution in [0.25, 0.3) is 24.3 Å². The molecule has 0 radical (unpaired) electrons. The molecule has 0 saturated heterocycles. The van der Waals surface area contributed by atoms with Gasteiger partial charge in [0.2, 0.25) is 11.5 Å². The first-order valence-corrected chi connectivity index (χ1v) is 12.4. The van der Waals surface area contributed by atoms with E-state index in [9.17, 15) is 0 Å². The predicted molar refractivity (Wildman–Crippen MR) is 156 cm³/mol. The molecule has 8 nitrogen and oxygen atoms in total. The zero-order valence-electron chi connectivity index (χ0n) is 24.4. The summed E-state index contributed by atoms with van der Waals surface area (Å²) in [6.45, 7) is 0. The Labute approximate surface area is 268 Å². The van der Waals surface area contributed by atoms with Crippen LogP contribution in [0.2, 0.25) is 0 Å². The van der Waals surface area contributed by atoms with Crippen molar-refractivity contribution in [2.75, 3.05) is 42.7 Å². The highest BCUT2D eigenvalue weighted by molar-refractivity contribution is 5.73. The predicted octanol–water partition coefficient (Wildman–Crippen LogP) is -0.598. The monoisotopic (exact) mass is 702 g/mol. The largest absolute Gasteiger partial charge is 1.00 e. The van der Waals surface area contributed by atoms with Crippen molar-refractivity contribution in [2.24, 2.45) is 0 Å². The Kier molecular flexibility index (Phi) is 16.4. The highest BCUT2D eigenvalue weighted by atomic mass is 79.9. The van der Waals surface area contributed by atoms with Gasteiger partial charge in [0.25, 0.3) is 0 Å². The fourth-order valence-corrected chi connectivity index (χ4v) is 3.80. The second kappa shape index (κ2) is 19.2. The van der Waals surface area contributed by atoms with Gasteiger partial charge in [-0.3, -0.25) is 0 Å². The maximum Gasteiger partial charge on any atom is 0.203 e. The van der Waals surface area contributed by atoms with Crippen LogP contribution in [0, 0.1) is 0 Å². The highest BCUT2D eigenvalue weighted by Crippen LogP contribution is 2.39. The molecule has 2 N–H and O–H groups in total. The normalized spacial score (nSPS) is 10.0. The average Bonchev–Trinajstić information content (AvgIpc) is 3.02. The molecule has 0 aliphatic carbocycles. The number of benzene rings is 2. The summed E-state index contributed by atoms with van der Waals surface area (Å²) >= 11 is 0. The van der Waals surface area contributed by atoms with Crippen LogP contribution in [-0.4, -0.2) is 42.7 Å². The number of aromatic amines is 2. The molecule has 2 aromatic heterocycles. The van der Waals surface area contributed by atoms with Gasteiger partial charge in [0, 0.05) is 24.3 Å².